The van der Waals surface area contributed by atoms with E-state index in [0.717, 1.165) is 19.2 Å². The molecular formula is C28H22F4N4O4. The van der Waals surface area contributed by atoms with Gasteiger partial charge in [-0.2, -0.15) is 27.9 Å². The van der Waals surface area contributed by atoms with Gasteiger partial charge < -0.3 is 9.64 Å². The molecule has 0 atom stereocenters. The van der Waals surface area contributed by atoms with E-state index in [1.165, 1.54) is 60.6 Å². The van der Waals surface area contributed by atoms with Crippen molar-refractivity contribution in [2.24, 2.45) is 4.99 Å². The highest BCUT2D eigenvalue weighted by atomic mass is 19.4. The standard InChI is InChI=1S/C28H22F4N4O4/c1-15-6-5-7-20(28(30,31)32)23(15)26(38)36-22-13-16(25(37)33-14-35(2)3)8-11-19(22)24(34-36)18-10-9-17(12-21(18)29)27(39)40-4/h5-14H,1-4H3. The van der Waals surface area contributed by atoms with Gasteiger partial charge in [0.1, 0.15) is 11.5 Å². The first-order valence-corrected chi connectivity index (χ1v) is 11.7. The Morgan fingerprint density at radius 3 is 2.35 bits per heavy atom. The van der Waals surface area contributed by atoms with Crippen LogP contribution in [0.2, 0.25) is 0 Å². The van der Waals surface area contributed by atoms with E-state index in [-0.39, 0.29) is 38.9 Å². The molecule has 4 aromatic rings. The Hall–Kier alpha value is -4.87. The summed E-state index contributed by atoms with van der Waals surface area (Å²) in [4.78, 5) is 43.5. The monoisotopic (exact) mass is 554 g/mol. The molecule has 8 nitrogen and oxygen atoms in total. The largest absolute Gasteiger partial charge is 0.465 e. The summed E-state index contributed by atoms with van der Waals surface area (Å²) in [5.41, 5.74) is -2.09. The summed E-state index contributed by atoms with van der Waals surface area (Å²) in [6, 6.07) is 10.8. The third-order valence-corrected chi connectivity index (χ3v) is 5.96. The molecule has 0 radical (unpaired) electrons. The van der Waals surface area contributed by atoms with Crippen LogP contribution < -0.4 is 0 Å². The third kappa shape index (κ3) is 5.33. The van der Waals surface area contributed by atoms with Crippen LogP contribution in [0.25, 0.3) is 22.2 Å². The van der Waals surface area contributed by atoms with Crippen LogP contribution in [0.5, 0.6) is 0 Å². The molecule has 3 aromatic carbocycles. The number of benzene rings is 3. The van der Waals surface area contributed by atoms with Crippen molar-refractivity contribution in [1.29, 1.82) is 0 Å². The summed E-state index contributed by atoms with van der Waals surface area (Å²) in [6.45, 7) is 1.35. The van der Waals surface area contributed by atoms with Gasteiger partial charge in [-0.25, -0.2) is 9.18 Å². The molecule has 1 heterocycles. The van der Waals surface area contributed by atoms with Gasteiger partial charge in [0.05, 0.1) is 35.7 Å². The van der Waals surface area contributed by atoms with Crippen molar-refractivity contribution < 1.29 is 36.7 Å². The molecule has 206 valence electrons. The normalized spacial score (nSPS) is 11.7. The number of esters is 1. The predicted molar refractivity (Wildman–Crippen MR) is 139 cm³/mol. The zero-order valence-electron chi connectivity index (χ0n) is 21.7. The van der Waals surface area contributed by atoms with Gasteiger partial charge in [0.2, 0.25) is 0 Å². The zero-order valence-corrected chi connectivity index (χ0v) is 21.7. The van der Waals surface area contributed by atoms with Crippen LogP contribution >= 0.6 is 0 Å². The fourth-order valence-electron chi connectivity index (χ4n) is 4.09. The van der Waals surface area contributed by atoms with Gasteiger partial charge in [0.15, 0.2) is 0 Å². The number of nitrogens with zero attached hydrogens (tertiary/aromatic N) is 4. The van der Waals surface area contributed by atoms with Crippen molar-refractivity contribution in [2.45, 2.75) is 13.1 Å². The van der Waals surface area contributed by atoms with E-state index in [1.54, 1.807) is 14.1 Å². The molecule has 1 aromatic heterocycles. The van der Waals surface area contributed by atoms with Crippen LogP contribution in [0, 0.1) is 12.7 Å². The Morgan fingerprint density at radius 2 is 1.73 bits per heavy atom. The quantitative estimate of drug-likeness (QED) is 0.142. The minimum Gasteiger partial charge on any atom is -0.465 e. The zero-order chi connectivity index (χ0) is 29.4. The molecule has 0 bridgehead atoms. The van der Waals surface area contributed by atoms with E-state index in [2.05, 4.69) is 14.8 Å². The van der Waals surface area contributed by atoms with Crippen molar-refractivity contribution in [3.63, 3.8) is 0 Å². The van der Waals surface area contributed by atoms with Crippen LogP contribution in [0.3, 0.4) is 0 Å². The number of carbonyl (C=O) groups is 3. The van der Waals surface area contributed by atoms with Gasteiger partial charge in [-0.15, -0.1) is 0 Å². The van der Waals surface area contributed by atoms with Crippen molar-refractivity contribution in [3.05, 3.63) is 88.2 Å². The van der Waals surface area contributed by atoms with Crippen LogP contribution in [-0.2, 0) is 10.9 Å². The van der Waals surface area contributed by atoms with Gasteiger partial charge >= 0.3 is 12.1 Å². The fourth-order valence-corrected chi connectivity index (χ4v) is 4.09. The van der Waals surface area contributed by atoms with Crippen molar-refractivity contribution in [3.8, 4) is 11.3 Å². The molecule has 0 spiro atoms. The number of aryl methyl sites for hydroxylation is 1. The highest BCUT2D eigenvalue weighted by Crippen LogP contribution is 2.36. The lowest BCUT2D eigenvalue weighted by molar-refractivity contribution is -0.138. The summed E-state index contributed by atoms with van der Waals surface area (Å²) in [6.07, 6.45) is -3.58. The Morgan fingerprint density at radius 1 is 1.02 bits per heavy atom. The van der Waals surface area contributed by atoms with E-state index in [4.69, 9.17) is 0 Å². The molecule has 0 aliphatic carbocycles. The average Bonchev–Trinajstić information content (AvgIpc) is 3.28. The Labute approximate surface area is 225 Å². The lowest BCUT2D eigenvalue weighted by atomic mass is 10.0. The number of alkyl halides is 3. The maximum Gasteiger partial charge on any atom is 0.417 e. The summed E-state index contributed by atoms with van der Waals surface area (Å²) < 4.78 is 62.1. The number of methoxy groups -OCH3 is 1. The second-order valence-corrected chi connectivity index (χ2v) is 8.99. The van der Waals surface area contributed by atoms with Gasteiger partial charge in [-0.3, -0.25) is 9.59 Å². The summed E-state index contributed by atoms with van der Waals surface area (Å²) in [5, 5.41) is 4.39. The molecule has 0 unspecified atom stereocenters. The maximum atomic E-state index is 15.2. The predicted octanol–water partition coefficient (Wildman–Crippen LogP) is 5.37. The lowest BCUT2D eigenvalue weighted by Crippen LogP contribution is -2.21. The van der Waals surface area contributed by atoms with E-state index >= 15 is 4.39 Å². The number of halogens is 4. The summed E-state index contributed by atoms with van der Waals surface area (Å²) in [5.74, 6) is -3.48. The average molecular weight is 555 g/mol. The van der Waals surface area contributed by atoms with Crippen LogP contribution in [0.1, 0.15) is 42.2 Å². The molecule has 40 heavy (non-hydrogen) atoms. The smallest absolute Gasteiger partial charge is 0.417 e. The highest BCUT2D eigenvalue weighted by Gasteiger charge is 2.37. The molecule has 1 amide bonds. The number of aliphatic imine (C=N–C) groups is 1. The minimum atomic E-state index is -4.85. The number of ether oxygens (including phenoxy) is 1. The molecule has 4 rings (SSSR count). The van der Waals surface area contributed by atoms with Crippen molar-refractivity contribution in [2.75, 3.05) is 21.2 Å². The number of rotatable bonds is 5. The Bertz CT molecular complexity index is 1690. The molecule has 0 saturated carbocycles. The Balaban J connectivity index is 1.98. The van der Waals surface area contributed by atoms with Gasteiger partial charge in [0, 0.05) is 30.6 Å². The van der Waals surface area contributed by atoms with Gasteiger partial charge in [-0.1, -0.05) is 12.1 Å². The molecule has 0 fully saturated rings. The number of aromatic nitrogens is 2. The van der Waals surface area contributed by atoms with E-state index in [9.17, 15) is 27.6 Å². The van der Waals surface area contributed by atoms with Crippen LogP contribution in [-0.4, -0.2) is 60.0 Å². The Kier molecular flexibility index (Phi) is 7.54. The topological polar surface area (TPSA) is 93.9 Å². The van der Waals surface area contributed by atoms with Gasteiger partial charge in [-0.05, 0) is 55.0 Å². The van der Waals surface area contributed by atoms with Crippen LogP contribution in [0.15, 0.2) is 59.6 Å². The molecule has 0 aliphatic heterocycles. The maximum absolute atomic E-state index is 15.2. The number of amides is 1. The van der Waals surface area contributed by atoms with Crippen LogP contribution in [0.4, 0.5) is 17.6 Å². The minimum absolute atomic E-state index is 0.0217. The molecule has 0 saturated heterocycles. The van der Waals surface area contributed by atoms with Gasteiger partial charge in [0.25, 0.3) is 11.8 Å². The van der Waals surface area contributed by atoms with E-state index < -0.39 is 40.9 Å². The number of hydrogen-bond donors (Lipinski definition) is 0. The second-order valence-electron chi connectivity index (χ2n) is 8.99. The first kappa shape index (κ1) is 28.1. The third-order valence-electron chi connectivity index (χ3n) is 5.96. The lowest BCUT2D eigenvalue weighted by Gasteiger charge is -2.14. The highest BCUT2D eigenvalue weighted by molar-refractivity contribution is 6.08. The molecular weight excluding hydrogens is 532 g/mol. The molecule has 12 heteroatoms. The SMILES string of the molecule is COC(=O)c1ccc(-c2nn(C(=O)c3c(C)cccc3C(F)(F)F)c3cc(C(=O)N=CN(C)C)ccc23)c(F)c1. The summed E-state index contributed by atoms with van der Waals surface area (Å²) in [7, 11) is 4.44. The summed E-state index contributed by atoms with van der Waals surface area (Å²) >= 11 is 0. The molecule has 0 N–H and O–H groups in total. The number of carbonyl (C=O) groups excluding carboxylic acids is 3. The van der Waals surface area contributed by atoms with Crippen molar-refractivity contribution >= 4 is 35.0 Å². The second kappa shape index (κ2) is 10.7. The van der Waals surface area contributed by atoms with E-state index in [0.29, 0.717) is 4.68 Å². The van der Waals surface area contributed by atoms with Crippen molar-refractivity contribution in [1.82, 2.24) is 14.7 Å². The number of hydrogen-bond acceptors (Lipinski definition) is 5. The number of fused-ring (bicyclic) bond motifs is 1. The fraction of sp³-hybridized carbons (Fsp3) is 0.179. The first-order chi connectivity index (χ1) is 18.8. The van der Waals surface area contributed by atoms with E-state index in [1.807, 2.05) is 0 Å². The molecule has 0 aliphatic rings. The first-order valence-electron chi connectivity index (χ1n) is 11.7.